The molecule has 1 amide bonds. The molecule has 0 unspecified atom stereocenters. The zero-order valence-corrected chi connectivity index (χ0v) is 13.2. The van der Waals surface area contributed by atoms with E-state index in [9.17, 15) is 36.0 Å². The number of sulfonamides is 1. The summed E-state index contributed by atoms with van der Waals surface area (Å²) in [7, 11) is -4.80. The summed E-state index contributed by atoms with van der Waals surface area (Å²) in [5.74, 6) is -3.20. The number of amides is 1. The fourth-order valence-corrected chi connectivity index (χ4v) is 4.18. The Morgan fingerprint density at radius 3 is 2.38 bits per heavy atom. The van der Waals surface area contributed by atoms with E-state index >= 15 is 0 Å². The van der Waals surface area contributed by atoms with Gasteiger partial charge in [0.2, 0.25) is 0 Å². The van der Waals surface area contributed by atoms with Gasteiger partial charge in [0.15, 0.2) is 0 Å². The minimum Gasteiger partial charge on any atom is -0.478 e. The summed E-state index contributed by atoms with van der Waals surface area (Å²) in [6.45, 7) is -0.407. The highest BCUT2D eigenvalue weighted by molar-refractivity contribution is 8.15. The quantitative estimate of drug-likeness (QED) is 0.781. The monoisotopic (exact) mass is 383 g/mol. The van der Waals surface area contributed by atoms with E-state index in [1.165, 1.54) is 0 Å². The van der Waals surface area contributed by atoms with Crippen molar-refractivity contribution in [2.45, 2.75) is 11.1 Å². The van der Waals surface area contributed by atoms with Gasteiger partial charge in [-0.05, 0) is 18.2 Å². The Kier molecular flexibility index (Phi) is 4.63. The topological polar surface area (TPSA) is 109 Å². The van der Waals surface area contributed by atoms with E-state index in [0.29, 0.717) is 17.8 Å². The second kappa shape index (κ2) is 6.09. The second-order valence-corrected chi connectivity index (χ2v) is 7.50. The molecule has 0 spiro atoms. The molecule has 7 nitrogen and oxygen atoms in total. The summed E-state index contributed by atoms with van der Waals surface area (Å²) >= 11 is 0.588. The summed E-state index contributed by atoms with van der Waals surface area (Å²) in [4.78, 5) is 32.9. The molecule has 0 bridgehead atoms. The van der Waals surface area contributed by atoms with Crippen LogP contribution in [-0.2, 0) is 25.8 Å². The molecule has 1 heterocycles. The van der Waals surface area contributed by atoms with E-state index in [0.717, 1.165) is 0 Å². The number of carboxylic acid groups (broad SMARTS) is 1. The maximum absolute atomic E-state index is 12.9. The Labute approximate surface area is 137 Å². The highest BCUT2D eigenvalue weighted by Gasteiger charge is 2.39. The Morgan fingerprint density at radius 2 is 1.83 bits per heavy atom. The molecule has 1 aliphatic heterocycles. The smallest absolute Gasteiger partial charge is 0.416 e. The van der Waals surface area contributed by atoms with Gasteiger partial charge in [0.05, 0.1) is 16.0 Å². The van der Waals surface area contributed by atoms with E-state index in [1.807, 2.05) is 0 Å². The summed E-state index contributed by atoms with van der Waals surface area (Å²) in [5, 5.41) is 7.81. The minimum absolute atomic E-state index is 0.0471. The Bertz CT molecular complexity index is 834. The van der Waals surface area contributed by atoms with Gasteiger partial charge in [0.1, 0.15) is 0 Å². The average molecular weight is 383 g/mol. The predicted octanol–water partition coefficient (Wildman–Crippen LogP) is 1.19. The first-order valence-electron chi connectivity index (χ1n) is 6.14. The number of rotatable bonds is 3. The molecule has 12 heteroatoms. The summed E-state index contributed by atoms with van der Waals surface area (Å²) in [5.41, 5.74) is -2.40. The van der Waals surface area contributed by atoms with Crippen molar-refractivity contribution in [2.24, 2.45) is 0 Å². The van der Waals surface area contributed by atoms with Crippen molar-refractivity contribution in [3.63, 3.8) is 0 Å². The maximum Gasteiger partial charge on any atom is 0.416 e. The Morgan fingerprint density at radius 1 is 1.21 bits per heavy atom. The molecule has 1 saturated heterocycles. The van der Waals surface area contributed by atoms with E-state index in [1.54, 1.807) is 0 Å². The van der Waals surface area contributed by atoms with Crippen molar-refractivity contribution < 1.29 is 41.1 Å². The number of carbonyl (C=O) groups excluding carboxylic acids is 2. The van der Waals surface area contributed by atoms with Crippen molar-refractivity contribution in [1.82, 2.24) is 4.31 Å². The fourth-order valence-electron chi connectivity index (χ4n) is 1.88. The molecule has 0 atom stereocenters. The summed E-state index contributed by atoms with van der Waals surface area (Å²) in [6, 6.07) is 1.01. The summed E-state index contributed by atoms with van der Waals surface area (Å²) < 4.78 is 63.5. The number of carbonyl (C=O) groups is 3. The van der Waals surface area contributed by atoms with Crippen LogP contribution in [0.5, 0.6) is 0 Å². The molecular formula is C12H8F3NO6S2. The van der Waals surface area contributed by atoms with Crippen molar-refractivity contribution in [1.29, 1.82) is 0 Å². The van der Waals surface area contributed by atoms with Crippen molar-refractivity contribution in [3.8, 4) is 0 Å². The Hall–Kier alpha value is -2.08. The van der Waals surface area contributed by atoms with Crippen molar-refractivity contribution in [2.75, 3.05) is 12.3 Å². The zero-order valence-electron chi connectivity index (χ0n) is 11.5. The van der Waals surface area contributed by atoms with Gasteiger partial charge in [-0.25, -0.2) is 17.5 Å². The third kappa shape index (κ3) is 3.38. The van der Waals surface area contributed by atoms with Crippen LogP contribution in [0.1, 0.15) is 15.9 Å². The molecule has 0 radical (unpaired) electrons. The largest absolute Gasteiger partial charge is 0.478 e. The molecular weight excluding hydrogens is 375 g/mol. The fraction of sp³-hybridized carbons (Fsp3) is 0.250. The first-order chi connectivity index (χ1) is 10.9. The molecule has 0 aromatic heterocycles. The van der Waals surface area contributed by atoms with Gasteiger partial charge in [-0.3, -0.25) is 9.59 Å². The number of hydrogen-bond acceptors (Lipinski definition) is 6. The van der Waals surface area contributed by atoms with Crippen molar-refractivity contribution in [3.05, 3.63) is 29.3 Å². The molecule has 0 aliphatic carbocycles. The third-order valence-corrected chi connectivity index (χ3v) is 5.58. The first-order valence-corrected chi connectivity index (χ1v) is 8.56. The van der Waals surface area contributed by atoms with Gasteiger partial charge in [0, 0.05) is 12.3 Å². The van der Waals surface area contributed by atoms with E-state index in [2.05, 4.69) is 0 Å². The SMILES string of the molecule is O=C1SCCN(S(=O)(=O)c2cc(C(=O)O)cc(C(F)(F)F)c2)C1=O. The van der Waals surface area contributed by atoms with Gasteiger partial charge in [-0.1, -0.05) is 11.8 Å². The first kappa shape index (κ1) is 18.3. The molecule has 1 aliphatic rings. The standard InChI is InChI=1S/C12H8F3NO6S2/c13-12(14,15)7-3-6(10(18)19)4-8(5-7)24(21,22)16-1-2-23-11(20)9(16)17/h3-5H,1-2H2,(H,18,19). The molecule has 130 valence electrons. The second-order valence-electron chi connectivity index (χ2n) is 4.57. The van der Waals surface area contributed by atoms with Crippen LogP contribution in [0.3, 0.4) is 0 Å². The number of halogens is 3. The molecule has 1 fully saturated rings. The van der Waals surface area contributed by atoms with Crippen LogP contribution < -0.4 is 0 Å². The van der Waals surface area contributed by atoms with Crippen LogP contribution in [0.25, 0.3) is 0 Å². The molecule has 24 heavy (non-hydrogen) atoms. The third-order valence-electron chi connectivity index (χ3n) is 3.00. The Balaban J connectivity index is 2.61. The van der Waals surface area contributed by atoms with Gasteiger partial charge in [0.25, 0.3) is 15.1 Å². The van der Waals surface area contributed by atoms with Gasteiger partial charge >= 0.3 is 18.1 Å². The average Bonchev–Trinajstić information content (AvgIpc) is 2.48. The van der Waals surface area contributed by atoms with Gasteiger partial charge < -0.3 is 5.11 Å². The number of carboxylic acids is 1. The molecule has 1 aromatic carbocycles. The highest BCUT2D eigenvalue weighted by Crippen LogP contribution is 2.33. The lowest BCUT2D eigenvalue weighted by atomic mass is 10.1. The van der Waals surface area contributed by atoms with E-state index < -0.39 is 55.8 Å². The molecule has 0 saturated carbocycles. The maximum atomic E-state index is 12.9. The lowest BCUT2D eigenvalue weighted by Crippen LogP contribution is -2.45. The number of aromatic carboxylic acids is 1. The van der Waals surface area contributed by atoms with Crippen LogP contribution in [0.4, 0.5) is 13.2 Å². The van der Waals surface area contributed by atoms with E-state index in [4.69, 9.17) is 5.11 Å². The van der Waals surface area contributed by atoms with Gasteiger partial charge in [-0.2, -0.15) is 13.2 Å². The number of nitrogens with zero attached hydrogens (tertiary/aromatic N) is 1. The van der Waals surface area contributed by atoms with Crippen LogP contribution in [0, 0.1) is 0 Å². The number of hydrogen-bond donors (Lipinski definition) is 1. The molecule has 1 N–H and O–H groups in total. The minimum atomic E-state index is -4.99. The molecule has 2 rings (SSSR count). The van der Waals surface area contributed by atoms with Crippen LogP contribution >= 0.6 is 11.8 Å². The zero-order chi connectivity index (χ0) is 18.3. The lowest BCUT2D eigenvalue weighted by molar-refractivity contribution is -0.137. The lowest BCUT2D eigenvalue weighted by Gasteiger charge is -2.25. The highest BCUT2D eigenvalue weighted by atomic mass is 32.2. The predicted molar refractivity (Wildman–Crippen MR) is 74.8 cm³/mol. The van der Waals surface area contributed by atoms with Crippen molar-refractivity contribution >= 4 is 38.8 Å². The number of alkyl halides is 3. The molecule has 1 aromatic rings. The number of benzene rings is 1. The van der Waals surface area contributed by atoms with E-state index in [-0.39, 0.29) is 22.2 Å². The van der Waals surface area contributed by atoms with Crippen LogP contribution in [0.15, 0.2) is 23.1 Å². The normalized spacial score (nSPS) is 16.4. The van der Waals surface area contributed by atoms with Gasteiger partial charge in [-0.15, -0.1) is 0 Å². The summed E-state index contributed by atoms with van der Waals surface area (Å²) in [6.07, 6.45) is -4.99. The van der Waals surface area contributed by atoms with Crippen LogP contribution in [0.2, 0.25) is 0 Å². The number of thioether (sulfide) groups is 1. The van der Waals surface area contributed by atoms with Crippen LogP contribution in [-0.4, -0.2) is 47.1 Å².